The Bertz CT molecular complexity index is 554. The number of nitrogens with zero attached hydrogens (tertiary/aromatic N) is 1. The summed E-state index contributed by atoms with van der Waals surface area (Å²) in [5.74, 6) is 0.975. The summed E-state index contributed by atoms with van der Waals surface area (Å²) < 4.78 is 18.9. The quantitative estimate of drug-likeness (QED) is 0.902. The third kappa shape index (κ3) is 3.64. The van der Waals surface area contributed by atoms with E-state index in [4.69, 9.17) is 4.52 Å². The molecule has 1 aromatic heterocycles. The molecule has 0 atom stereocenters. The molecule has 1 aromatic carbocycles. The van der Waals surface area contributed by atoms with Gasteiger partial charge in [0, 0.05) is 17.7 Å². The van der Waals surface area contributed by atoms with Crippen LogP contribution in [0, 0.1) is 11.7 Å². The zero-order valence-corrected chi connectivity index (χ0v) is 12.5. The monoisotopic (exact) mass is 326 g/mol. The molecule has 0 aliphatic heterocycles. The molecule has 2 aromatic rings. The molecule has 0 aliphatic carbocycles. The van der Waals surface area contributed by atoms with Crippen LogP contribution < -0.4 is 5.32 Å². The molecule has 0 spiro atoms. The third-order valence-corrected chi connectivity index (χ3v) is 3.30. The number of hydrogen-bond donors (Lipinski definition) is 1. The van der Waals surface area contributed by atoms with Gasteiger partial charge in [-0.15, -0.1) is 0 Å². The average molecular weight is 327 g/mol. The molecule has 5 heteroatoms. The SMILES string of the molecule is CC(C)CNCc1cnoc1-c1ccc(F)c(Br)c1. The van der Waals surface area contributed by atoms with Crippen molar-refractivity contribution in [2.24, 2.45) is 5.92 Å². The van der Waals surface area contributed by atoms with E-state index in [1.54, 1.807) is 18.3 Å². The number of rotatable bonds is 5. The van der Waals surface area contributed by atoms with Gasteiger partial charge >= 0.3 is 0 Å². The van der Waals surface area contributed by atoms with E-state index in [1.807, 2.05) is 0 Å². The van der Waals surface area contributed by atoms with Gasteiger partial charge in [0.05, 0.1) is 10.7 Å². The predicted octanol–water partition coefficient (Wildman–Crippen LogP) is 3.99. The molecule has 19 heavy (non-hydrogen) atoms. The first-order valence-corrected chi connectivity index (χ1v) is 6.97. The van der Waals surface area contributed by atoms with Crippen LogP contribution in [0.4, 0.5) is 4.39 Å². The van der Waals surface area contributed by atoms with Gasteiger partial charge in [0.2, 0.25) is 0 Å². The smallest absolute Gasteiger partial charge is 0.171 e. The molecule has 0 saturated heterocycles. The van der Waals surface area contributed by atoms with Crippen LogP contribution in [0.25, 0.3) is 11.3 Å². The van der Waals surface area contributed by atoms with Crippen molar-refractivity contribution in [1.82, 2.24) is 10.5 Å². The van der Waals surface area contributed by atoms with Crippen molar-refractivity contribution >= 4 is 15.9 Å². The Hall–Kier alpha value is -1.20. The lowest BCUT2D eigenvalue weighted by Gasteiger charge is -2.07. The molecule has 0 amide bonds. The summed E-state index contributed by atoms with van der Waals surface area (Å²) >= 11 is 3.18. The Kier molecular flexibility index (Phi) is 4.71. The number of halogens is 2. The molecule has 0 unspecified atom stereocenters. The molecular formula is C14H16BrFN2O. The third-order valence-electron chi connectivity index (χ3n) is 2.69. The highest BCUT2D eigenvalue weighted by Crippen LogP contribution is 2.27. The molecule has 0 saturated carbocycles. The fourth-order valence-corrected chi connectivity index (χ4v) is 2.14. The summed E-state index contributed by atoms with van der Waals surface area (Å²) in [6.07, 6.45) is 1.69. The summed E-state index contributed by atoms with van der Waals surface area (Å²) in [6.45, 7) is 5.92. The molecule has 0 aliphatic rings. The van der Waals surface area contributed by atoms with Crippen molar-refractivity contribution < 1.29 is 8.91 Å². The minimum absolute atomic E-state index is 0.289. The topological polar surface area (TPSA) is 38.1 Å². The number of aromatic nitrogens is 1. The van der Waals surface area contributed by atoms with Crippen LogP contribution in [0.15, 0.2) is 33.4 Å². The van der Waals surface area contributed by atoms with E-state index in [9.17, 15) is 4.39 Å². The van der Waals surface area contributed by atoms with E-state index in [2.05, 4.69) is 40.3 Å². The van der Waals surface area contributed by atoms with Crippen molar-refractivity contribution in [3.05, 3.63) is 40.2 Å². The van der Waals surface area contributed by atoms with Crippen molar-refractivity contribution in [3.8, 4) is 11.3 Å². The Labute approximate surface area is 120 Å². The molecule has 0 fully saturated rings. The van der Waals surface area contributed by atoms with E-state index in [0.717, 1.165) is 17.7 Å². The molecule has 0 radical (unpaired) electrons. The summed E-state index contributed by atoms with van der Waals surface area (Å²) in [5, 5.41) is 7.16. The van der Waals surface area contributed by atoms with E-state index >= 15 is 0 Å². The maximum absolute atomic E-state index is 13.2. The van der Waals surface area contributed by atoms with Crippen molar-refractivity contribution in [2.75, 3.05) is 6.54 Å². The van der Waals surface area contributed by atoms with Gasteiger partial charge in [0.25, 0.3) is 0 Å². The van der Waals surface area contributed by atoms with Gasteiger partial charge < -0.3 is 9.84 Å². The summed E-state index contributed by atoms with van der Waals surface area (Å²) in [6, 6.07) is 4.79. The number of benzene rings is 1. The van der Waals surface area contributed by atoms with Gasteiger partial charge in [-0.1, -0.05) is 19.0 Å². The van der Waals surface area contributed by atoms with Crippen molar-refractivity contribution in [2.45, 2.75) is 20.4 Å². The second-order valence-electron chi connectivity index (χ2n) is 4.83. The molecule has 102 valence electrons. The molecule has 0 bridgehead atoms. The highest BCUT2D eigenvalue weighted by atomic mass is 79.9. The van der Waals surface area contributed by atoms with Crippen LogP contribution in [0.3, 0.4) is 0 Å². The first-order chi connectivity index (χ1) is 9.08. The molecule has 2 rings (SSSR count). The summed E-state index contributed by atoms with van der Waals surface area (Å²) in [4.78, 5) is 0. The van der Waals surface area contributed by atoms with Gasteiger partial charge in [0.1, 0.15) is 5.82 Å². The molecule has 1 heterocycles. The Morgan fingerprint density at radius 3 is 2.89 bits per heavy atom. The van der Waals surface area contributed by atoms with E-state index in [-0.39, 0.29) is 5.82 Å². The highest BCUT2D eigenvalue weighted by Gasteiger charge is 2.12. The second kappa shape index (κ2) is 6.30. The highest BCUT2D eigenvalue weighted by molar-refractivity contribution is 9.10. The van der Waals surface area contributed by atoms with Crippen molar-refractivity contribution in [1.29, 1.82) is 0 Å². The Morgan fingerprint density at radius 2 is 2.21 bits per heavy atom. The predicted molar refractivity (Wildman–Crippen MR) is 76.1 cm³/mol. The van der Waals surface area contributed by atoms with Crippen LogP contribution in [-0.4, -0.2) is 11.7 Å². The lowest BCUT2D eigenvalue weighted by Crippen LogP contribution is -2.18. The largest absolute Gasteiger partial charge is 0.356 e. The maximum atomic E-state index is 13.2. The first-order valence-electron chi connectivity index (χ1n) is 6.17. The van der Waals surface area contributed by atoms with Crippen molar-refractivity contribution in [3.63, 3.8) is 0 Å². The number of nitrogens with one attached hydrogen (secondary N) is 1. The van der Waals surface area contributed by atoms with Gasteiger partial charge in [0.15, 0.2) is 5.76 Å². The molecule has 3 nitrogen and oxygen atoms in total. The van der Waals surface area contributed by atoms with Crippen LogP contribution >= 0.6 is 15.9 Å². The minimum atomic E-state index is -0.289. The molecular weight excluding hydrogens is 311 g/mol. The van der Waals surface area contributed by atoms with Gasteiger partial charge in [-0.25, -0.2) is 4.39 Å². The standard InChI is InChI=1S/C14H16BrFN2O/c1-9(2)6-17-7-11-8-18-19-14(11)10-3-4-13(16)12(15)5-10/h3-5,8-9,17H,6-7H2,1-2H3. The first kappa shape index (κ1) is 14.2. The van der Waals surface area contributed by atoms with Crippen LogP contribution in [0.5, 0.6) is 0 Å². The molecule has 1 N–H and O–H groups in total. The van der Waals surface area contributed by atoms with Gasteiger partial charge in [-0.2, -0.15) is 0 Å². The van der Waals surface area contributed by atoms with Crippen LogP contribution in [0.2, 0.25) is 0 Å². The van der Waals surface area contributed by atoms with Gasteiger partial charge in [-0.3, -0.25) is 0 Å². The average Bonchev–Trinajstić information content (AvgIpc) is 2.80. The zero-order chi connectivity index (χ0) is 13.8. The summed E-state index contributed by atoms with van der Waals surface area (Å²) in [7, 11) is 0. The maximum Gasteiger partial charge on any atom is 0.171 e. The second-order valence-corrected chi connectivity index (χ2v) is 5.69. The lowest BCUT2D eigenvalue weighted by atomic mass is 10.1. The van der Waals surface area contributed by atoms with E-state index < -0.39 is 0 Å². The lowest BCUT2D eigenvalue weighted by molar-refractivity contribution is 0.431. The van der Waals surface area contributed by atoms with E-state index in [0.29, 0.717) is 22.7 Å². The summed E-state index contributed by atoms with van der Waals surface area (Å²) in [5.41, 5.74) is 1.78. The zero-order valence-electron chi connectivity index (χ0n) is 10.9. The number of hydrogen-bond acceptors (Lipinski definition) is 3. The Morgan fingerprint density at radius 1 is 1.42 bits per heavy atom. The Balaban J connectivity index is 2.16. The minimum Gasteiger partial charge on any atom is -0.356 e. The fourth-order valence-electron chi connectivity index (χ4n) is 1.76. The van der Waals surface area contributed by atoms with Crippen LogP contribution in [0.1, 0.15) is 19.4 Å². The normalized spacial score (nSPS) is 11.2. The van der Waals surface area contributed by atoms with Gasteiger partial charge in [-0.05, 0) is 46.6 Å². The fraction of sp³-hybridized carbons (Fsp3) is 0.357. The van der Waals surface area contributed by atoms with Crippen LogP contribution in [-0.2, 0) is 6.54 Å². The van der Waals surface area contributed by atoms with E-state index in [1.165, 1.54) is 6.07 Å².